The fraction of sp³-hybridized carbons (Fsp3) is 0.417. The van der Waals surface area contributed by atoms with Gasteiger partial charge in [0.2, 0.25) is 5.91 Å². The molecule has 0 unspecified atom stereocenters. The topological polar surface area (TPSA) is 40.6 Å². The average Bonchev–Trinajstić information content (AvgIpc) is 2.89. The van der Waals surface area contributed by atoms with Crippen LogP contribution in [0.4, 0.5) is 0 Å². The van der Waals surface area contributed by atoms with Crippen molar-refractivity contribution in [3.63, 3.8) is 0 Å². The summed E-state index contributed by atoms with van der Waals surface area (Å²) in [4.78, 5) is 30.1. The van der Waals surface area contributed by atoms with Crippen molar-refractivity contribution in [2.45, 2.75) is 36.5 Å². The number of fused-ring (bicyclic) bond motifs is 1. The second-order valence-corrected chi connectivity index (χ2v) is 8.89. The Morgan fingerprint density at radius 1 is 0.862 bits per heavy atom. The maximum absolute atomic E-state index is 12.8. The highest BCUT2D eigenvalue weighted by atomic mass is 32.2. The van der Waals surface area contributed by atoms with Crippen LogP contribution in [-0.4, -0.2) is 53.5 Å². The molecular weight excluding hydrogens is 380 g/mol. The zero-order chi connectivity index (χ0) is 20.1. The lowest BCUT2D eigenvalue weighted by Crippen LogP contribution is -2.38. The van der Waals surface area contributed by atoms with Crippen molar-refractivity contribution in [2.75, 3.05) is 31.9 Å². The SMILES string of the molecule is O=C1CSc2ccccc2C(=O)N1CCCCN1CCC(c2ccccc2)CC1. The van der Waals surface area contributed by atoms with Crippen molar-refractivity contribution < 1.29 is 9.59 Å². The third-order valence-electron chi connectivity index (χ3n) is 5.98. The summed E-state index contributed by atoms with van der Waals surface area (Å²) in [6.07, 6.45) is 4.30. The van der Waals surface area contributed by atoms with Gasteiger partial charge in [-0.2, -0.15) is 0 Å². The third kappa shape index (κ3) is 4.90. The van der Waals surface area contributed by atoms with Crippen LogP contribution in [0.25, 0.3) is 0 Å². The number of benzene rings is 2. The van der Waals surface area contributed by atoms with Crippen molar-refractivity contribution in [1.29, 1.82) is 0 Å². The van der Waals surface area contributed by atoms with Crippen LogP contribution in [0.3, 0.4) is 0 Å². The van der Waals surface area contributed by atoms with Crippen LogP contribution in [0.5, 0.6) is 0 Å². The van der Waals surface area contributed by atoms with E-state index in [1.54, 1.807) is 0 Å². The van der Waals surface area contributed by atoms with Crippen LogP contribution in [0.1, 0.15) is 47.5 Å². The van der Waals surface area contributed by atoms with Gasteiger partial charge in [-0.25, -0.2) is 0 Å². The summed E-state index contributed by atoms with van der Waals surface area (Å²) < 4.78 is 0. The highest BCUT2D eigenvalue weighted by Gasteiger charge is 2.28. The quantitative estimate of drug-likeness (QED) is 0.524. The van der Waals surface area contributed by atoms with Crippen LogP contribution in [0.2, 0.25) is 0 Å². The number of nitrogens with zero attached hydrogens (tertiary/aromatic N) is 2. The van der Waals surface area contributed by atoms with E-state index in [4.69, 9.17) is 0 Å². The van der Waals surface area contributed by atoms with Crippen molar-refractivity contribution in [2.24, 2.45) is 0 Å². The Balaban J connectivity index is 1.23. The first-order valence-corrected chi connectivity index (χ1v) is 11.5. The zero-order valence-electron chi connectivity index (χ0n) is 16.8. The van der Waals surface area contributed by atoms with E-state index in [0.29, 0.717) is 23.8 Å². The molecule has 0 atom stereocenters. The summed E-state index contributed by atoms with van der Waals surface area (Å²) in [6, 6.07) is 18.4. The van der Waals surface area contributed by atoms with Crippen molar-refractivity contribution in [3.8, 4) is 0 Å². The largest absolute Gasteiger partial charge is 0.303 e. The summed E-state index contributed by atoms with van der Waals surface area (Å²) in [7, 11) is 0. The molecule has 0 bridgehead atoms. The summed E-state index contributed by atoms with van der Waals surface area (Å²) >= 11 is 1.47. The number of hydrogen-bond acceptors (Lipinski definition) is 4. The smallest absolute Gasteiger partial charge is 0.261 e. The van der Waals surface area contributed by atoms with E-state index in [1.807, 2.05) is 24.3 Å². The number of amides is 2. The molecule has 0 N–H and O–H groups in total. The number of rotatable bonds is 6. The predicted molar refractivity (Wildman–Crippen MR) is 117 cm³/mol. The number of unbranched alkanes of at least 4 members (excludes halogenated alkanes) is 1. The summed E-state index contributed by atoms with van der Waals surface area (Å²) in [5.74, 6) is 0.812. The second kappa shape index (κ2) is 9.59. The molecule has 0 radical (unpaired) electrons. The zero-order valence-corrected chi connectivity index (χ0v) is 17.6. The first-order chi connectivity index (χ1) is 14.2. The van der Waals surface area contributed by atoms with Gasteiger partial charge in [0.1, 0.15) is 0 Å². The van der Waals surface area contributed by atoms with Crippen LogP contribution in [-0.2, 0) is 4.79 Å². The van der Waals surface area contributed by atoms with Gasteiger partial charge in [0.05, 0.1) is 11.3 Å². The number of carbonyl (C=O) groups is 2. The molecule has 0 saturated carbocycles. The lowest BCUT2D eigenvalue weighted by molar-refractivity contribution is -0.125. The molecule has 29 heavy (non-hydrogen) atoms. The molecule has 2 aromatic carbocycles. The molecular formula is C24H28N2O2S. The first kappa shape index (κ1) is 20.2. The molecule has 1 fully saturated rings. The molecule has 2 aliphatic heterocycles. The molecule has 2 aromatic rings. The van der Waals surface area contributed by atoms with Gasteiger partial charge in [0.25, 0.3) is 5.91 Å². The molecule has 152 valence electrons. The molecule has 2 amide bonds. The Morgan fingerprint density at radius 3 is 2.34 bits per heavy atom. The fourth-order valence-corrected chi connectivity index (χ4v) is 5.21. The van der Waals surface area contributed by atoms with Crippen LogP contribution in [0.15, 0.2) is 59.5 Å². The van der Waals surface area contributed by atoms with Crippen LogP contribution < -0.4 is 0 Å². The highest BCUT2D eigenvalue weighted by molar-refractivity contribution is 8.00. The minimum absolute atomic E-state index is 0.0696. The van der Waals surface area contributed by atoms with Gasteiger partial charge in [0, 0.05) is 11.4 Å². The second-order valence-electron chi connectivity index (χ2n) is 7.87. The molecule has 4 nitrogen and oxygen atoms in total. The van der Waals surface area contributed by atoms with Gasteiger partial charge in [-0.3, -0.25) is 14.5 Å². The van der Waals surface area contributed by atoms with E-state index >= 15 is 0 Å². The minimum atomic E-state index is -0.140. The van der Waals surface area contributed by atoms with Gasteiger partial charge in [0.15, 0.2) is 0 Å². The van der Waals surface area contributed by atoms with Crippen molar-refractivity contribution >= 4 is 23.6 Å². The average molecular weight is 409 g/mol. The van der Waals surface area contributed by atoms with E-state index in [0.717, 1.165) is 37.4 Å². The first-order valence-electron chi connectivity index (χ1n) is 10.6. The number of hydrogen-bond donors (Lipinski definition) is 0. The lowest BCUT2D eigenvalue weighted by Gasteiger charge is -2.32. The van der Waals surface area contributed by atoms with E-state index in [2.05, 4.69) is 35.2 Å². The molecule has 0 spiro atoms. The summed E-state index contributed by atoms with van der Waals surface area (Å²) in [6.45, 7) is 3.83. The number of piperidine rings is 1. The minimum Gasteiger partial charge on any atom is -0.303 e. The summed E-state index contributed by atoms with van der Waals surface area (Å²) in [5, 5.41) is 0. The van der Waals surface area contributed by atoms with E-state index < -0.39 is 0 Å². The Bertz CT molecular complexity index is 847. The third-order valence-corrected chi connectivity index (χ3v) is 7.04. The van der Waals surface area contributed by atoms with Crippen LogP contribution >= 0.6 is 11.8 Å². The molecule has 0 aliphatic carbocycles. The fourth-order valence-electron chi connectivity index (χ4n) is 4.29. The number of thioether (sulfide) groups is 1. The monoisotopic (exact) mass is 408 g/mol. The number of likely N-dealkylation sites (tertiary alicyclic amines) is 1. The van der Waals surface area contributed by atoms with Gasteiger partial charge < -0.3 is 4.90 Å². The number of carbonyl (C=O) groups excluding carboxylic acids is 2. The molecule has 4 rings (SSSR count). The lowest BCUT2D eigenvalue weighted by atomic mass is 9.89. The Hall–Kier alpha value is -2.11. The Labute approximate surface area is 177 Å². The maximum Gasteiger partial charge on any atom is 0.261 e. The Morgan fingerprint density at radius 2 is 1.55 bits per heavy atom. The standard InChI is InChI=1S/C24H28N2O2S/c27-23-18-29-22-11-5-4-10-21(22)24(28)26(23)15-7-6-14-25-16-12-20(13-17-25)19-8-2-1-3-9-19/h1-5,8-11,20H,6-7,12-18H2. The van der Waals surface area contributed by atoms with Crippen molar-refractivity contribution in [1.82, 2.24) is 9.80 Å². The maximum atomic E-state index is 12.8. The molecule has 2 heterocycles. The van der Waals surface area contributed by atoms with Gasteiger partial charge in [-0.15, -0.1) is 11.8 Å². The van der Waals surface area contributed by atoms with Gasteiger partial charge in [-0.1, -0.05) is 42.5 Å². The normalized spacial score (nSPS) is 18.6. The van der Waals surface area contributed by atoms with Gasteiger partial charge in [-0.05, 0) is 68.9 Å². The van der Waals surface area contributed by atoms with E-state index in [-0.39, 0.29) is 11.8 Å². The molecule has 5 heteroatoms. The van der Waals surface area contributed by atoms with E-state index in [9.17, 15) is 9.59 Å². The molecule has 2 aliphatic rings. The predicted octanol–water partition coefficient (Wildman–Crippen LogP) is 4.42. The van der Waals surface area contributed by atoms with Gasteiger partial charge >= 0.3 is 0 Å². The summed E-state index contributed by atoms with van der Waals surface area (Å²) in [5.41, 5.74) is 2.12. The van der Waals surface area contributed by atoms with Crippen LogP contribution in [0, 0.1) is 0 Å². The molecule has 1 saturated heterocycles. The highest BCUT2D eigenvalue weighted by Crippen LogP contribution is 2.29. The number of imide groups is 1. The Kier molecular flexibility index (Phi) is 6.67. The van der Waals surface area contributed by atoms with E-state index in [1.165, 1.54) is 35.1 Å². The van der Waals surface area contributed by atoms with Crippen molar-refractivity contribution in [3.05, 3.63) is 65.7 Å². The molecule has 0 aromatic heterocycles.